The minimum Gasteiger partial charge on any atom is -0.497 e. The normalized spacial score (nSPS) is 19.8. The fraction of sp³-hybridized carbons (Fsp3) is 0.286. The van der Waals surface area contributed by atoms with Crippen molar-refractivity contribution in [1.29, 1.82) is 0 Å². The summed E-state index contributed by atoms with van der Waals surface area (Å²) in [6.07, 6.45) is 3.53. The summed E-state index contributed by atoms with van der Waals surface area (Å²) in [4.78, 5) is 21.5. The number of hydrogen-bond donors (Lipinski definition) is 0. The maximum absolute atomic E-state index is 12.6. The van der Waals surface area contributed by atoms with E-state index in [1.54, 1.807) is 19.5 Å². The number of hydrogen-bond acceptors (Lipinski definition) is 5. The molecule has 5 nitrogen and oxygen atoms in total. The highest BCUT2D eigenvalue weighted by Crippen LogP contribution is 2.44. The van der Waals surface area contributed by atoms with Crippen LogP contribution in [0.5, 0.6) is 5.75 Å². The number of carbonyl (C=O) groups excluding carboxylic acids is 1. The Kier molecular flexibility index (Phi) is 5.16. The van der Waals surface area contributed by atoms with Gasteiger partial charge in [-0.05, 0) is 48.7 Å². The van der Waals surface area contributed by atoms with Crippen LogP contribution in [0.25, 0.3) is 5.57 Å². The predicted molar refractivity (Wildman–Crippen MR) is 101 cm³/mol. The zero-order chi connectivity index (χ0) is 18.7. The lowest BCUT2D eigenvalue weighted by Crippen LogP contribution is -2.33. The molecule has 2 unspecified atom stereocenters. The van der Waals surface area contributed by atoms with Crippen LogP contribution < -0.4 is 4.74 Å². The number of pyridine rings is 1. The molecule has 134 valence electrons. The van der Waals surface area contributed by atoms with Crippen molar-refractivity contribution in [3.8, 4) is 5.75 Å². The lowest BCUT2D eigenvalue weighted by atomic mass is 9.74. The van der Waals surface area contributed by atoms with E-state index in [-0.39, 0.29) is 11.9 Å². The van der Waals surface area contributed by atoms with Gasteiger partial charge in [0.1, 0.15) is 11.7 Å². The zero-order valence-electron chi connectivity index (χ0n) is 15.4. The van der Waals surface area contributed by atoms with Gasteiger partial charge in [0.2, 0.25) is 0 Å². The van der Waals surface area contributed by atoms with Gasteiger partial charge in [-0.15, -0.1) is 0 Å². The largest absolute Gasteiger partial charge is 0.497 e. The second kappa shape index (κ2) is 7.52. The lowest BCUT2D eigenvalue weighted by Gasteiger charge is -2.32. The molecule has 1 aromatic carbocycles. The van der Waals surface area contributed by atoms with Gasteiger partial charge in [-0.25, -0.2) is 0 Å². The zero-order valence-corrected chi connectivity index (χ0v) is 15.4. The third-order valence-corrected chi connectivity index (χ3v) is 4.71. The standard InChI is InChI=1S/C21H22N2O3/c1-13-18(16-8-6-10-22-12-16)20(15-7-5-9-17(11-15)25-3)19(14(2)23-13)21(24)26-4/h5-12,19-20H,1-4H3. The average Bonchev–Trinajstić information content (AvgIpc) is 2.67. The summed E-state index contributed by atoms with van der Waals surface area (Å²) < 4.78 is 10.5. The van der Waals surface area contributed by atoms with Gasteiger partial charge in [0.15, 0.2) is 0 Å². The summed E-state index contributed by atoms with van der Waals surface area (Å²) in [5, 5.41) is 0. The SMILES string of the molecule is COC(=O)C1C(C)=NC(C)=C(c2cccnc2)C1c1cccc(OC)c1. The summed E-state index contributed by atoms with van der Waals surface area (Å²) >= 11 is 0. The van der Waals surface area contributed by atoms with Crippen LogP contribution in [0.2, 0.25) is 0 Å². The maximum Gasteiger partial charge on any atom is 0.315 e. The minimum absolute atomic E-state index is 0.223. The highest BCUT2D eigenvalue weighted by atomic mass is 16.5. The summed E-state index contributed by atoms with van der Waals surface area (Å²) in [6, 6.07) is 11.7. The second-order valence-electron chi connectivity index (χ2n) is 6.25. The van der Waals surface area contributed by atoms with Gasteiger partial charge in [0, 0.05) is 29.7 Å². The van der Waals surface area contributed by atoms with E-state index in [2.05, 4.69) is 9.98 Å². The van der Waals surface area contributed by atoms with Crippen LogP contribution in [-0.4, -0.2) is 30.9 Å². The second-order valence-corrected chi connectivity index (χ2v) is 6.25. The van der Waals surface area contributed by atoms with Crippen molar-refractivity contribution in [2.24, 2.45) is 10.9 Å². The molecule has 0 aliphatic carbocycles. The van der Waals surface area contributed by atoms with E-state index in [1.165, 1.54) is 7.11 Å². The van der Waals surface area contributed by atoms with Gasteiger partial charge in [-0.3, -0.25) is 14.8 Å². The number of carbonyl (C=O) groups is 1. The van der Waals surface area contributed by atoms with E-state index < -0.39 is 5.92 Å². The van der Waals surface area contributed by atoms with Crippen molar-refractivity contribution in [3.63, 3.8) is 0 Å². The quantitative estimate of drug-likeness (QED) is 0.786. The lowest BCUT2D eigenvalue weighted by molar-refractivity contribution is -0.143. The Balaban J connectivity index is 2.23. The van der Waals surface area contributed by atoms with Crippen LogP contribution in [0.3, 0.4) is 0 Å². The first-order chi connectivity index (χ1) is 12.6. The topological polar surface area (TPSA) is 60.8 Å². The number of esters is 1. The molecular weight excluding hydrogens is 328 g/mol. The van der Waals surface area contributed by atoms with Gasteiger partial charge < -0.3 is 9.47 Å². The highest BCUT2D eigenvalue weighted by molar-refractivity contribution is 6.06. The molecule has 0 saturated carbocycles. The summed E-state index contributed by atoms with van der Waals surface area (Å²) in [7, 11) is 3.04. The fourth-order valence-electron chi connectivity index (χ4n) is 3.57. The summed E-state index contributed by atoms with van der Waals surface area (Å²) in [6.45, 7) is 3.84. The van der Waals surface area contributed by atoms with Crippen LogP contribution in [-0.2, 0) is 9.53 Å². The highest BCUT2D eigenvalue weighted by Gasteiger charge is 2.39. The van der Waals surface area contributed by atoms with Crippen molar-refractivity contribution >= 4 is 17.3 Å². The molecular formula is C21H22N2O3. The molecule has 26 heavy (non-hydrogen) atoms. The first kappa shape index (κ1) is 17.9. The molecule has 0 saturated heterocycles. The smallest absolute Gasteiger partial charge is 0.315 e. The number of aromatic nitrogens is 1. The van der Waals surface area contributed by atoms with Crippen LogP contribution in [0.4, 0.5) is 0 Å². The Morgan fingerprint density at radius 1 is 1.12 bits per heavy atom. The Hall–Kier alpha value is -2.95. The number of methoxy groups -OCH3 is 2. The Bertz CT molecular complexity index is 872. The van der Waals surface area contributed by atoms with E-state index in [0.29, 0.717) is 0 Å². The third kappa shape index (κ3) is 3.25. The molecule has 3 rings (SSSR count). The van der Waals surface area contributed by atoms with Crippen molar-refractivity contribution in [2.75, 3.05) is 14.2 Å². The fourth-order valence-corrected chi connectivity index (χ4v) is 3.57. The number of nitrogens with zero attached hydrogens (tertiary/aromatic N) is 2. The van der Waals surface area contributed by atoms with E-state index in [4.69, 9.17) is 9.47 Å². The van der Waals surface area contributed by atoms with Crippen LogP contribution >= 0.6 is 0 Å². The molecule has 0 N–H and O–H groups in total. The molecule has 0 spiro atoms. The van der Waals surface area contributed by atoms with Crippen molar-refractivity contribution in [1.82, 2.24) is 4.98 Å². The van der Waals surface area contributed by atoms with Gasteiger partial charge in [0.05, 0.1) is 14.2 Å². The minimum atomic E-state index is -0.494. The first-order valence-corrected chi connectivity index (χ1v) is 8.45. The first-order valence-electron chi connectivity index (χ1n) is 8.45. The molecule has 0 bridgehead atoms. The van der Waals surface area contributed by atoms with Crippen molar-refractivity contribution < 1.29 is 14.3 Å². The Morgan fingerprint density at radius 3 is 2.58 bits per heavy atom. The molecule has 0 radical (unpaired) electrons. The number of aliphatic imine (C=N–C) groups is 1. The van der Waals surface area contributed by atoms with E-state index >= 15 is 0 Å². The van der Waals surface area contributed by atoms with Gasteiger partial charge in [-0.1, -0.05) is 18.2 Å². The van der Waals surface area contributed by atoms with Gasteiger partial charge in [-0.2, -0.15) is 0 Å². The number of benzene rings is 1. The summed E-state index contributed by atoms with van der Waals surface area (Å²) in [5.74, 6) is -0.271. The molecule has 1 aliphatic rings. The number of rotatable bonds is 4. The molecule has 5 heteroatoms. The van der Waals surface area contributed by atoms with E-state index in [9.17, 15) is 4.79 Å². The Morgan fingerprint density at radius 2 is 1.92 bits per heavy atom. The molecule has 2 aromatic rings. The number of ether oxygens (including phenoxy) is 2. The van der Waals surface area contributed by atoms with E-state index in [0.717, 1.165) is 33.9 Å². The van der Waals surface area contributed by atoms with Crippen LogP contribution in [0, 0.1) is 5.92 Å². The van der Waals surface area contributed by atoms with Gasteiger partial charge >= 0.3 is 5.97 Å². The summed E-state index contributed by atoms with van der Waals surface area (Å²) in [5.41, 5.74) is 4.53. The molecule has 1 aliphatic heterocycles. The molecule has 0 amide bonds. The maximum atomic E-state index is 12.6. The third-order valence-electron chi connectivity index (χ3n) is 4.71. The predicted octanol–water partition coefficient (Wildman–Crippen LogP) is 3.87. The Labute approximate surface area is 153 Å². The molecule has 1 aromatic heterocycles. The number of allylic oxidation sites excluding steroid dienone is 2. The van der Waals surface area contributed by atoms with Crippen molar-refractivity contribution in [2.45, 2.75) is 19.8 Å². The van der Waals surface area contributed by atoms with Crippen LogP contribution in [0.1, 0.15) is 30.9 Å². The van der Waals surface area contributed by atoms with E-state index in [1.807, 2.05) is 50.2 Å². The molecule has 0 fully saturated rings. The van der Waals surface area contributed by atoms with Crippen molar-refractivity contribution in [3.05, 3.63) is 65.6 Å². The monoisotopic (exact) mass is 350 g/mol. The molecule has 2 atom stereocenters. The van der Waals surface area contributed by atoms with Gasteiger partial charge in [0.25, 0.3) is 0 Å². The van der Waals surface area contributed by atoms with Crippen LogP contribution in [0.15, 0.2) is 59.5 Å². The average molecular weight is 350 g/mol. The molecule has 2 heterocycles.